The molecular weight excluding hydrogens is 251 g/mol. The van der Waals surface area contributed by atoms with Crippen molar-refractivity contribution in [3.05, 3.63) is 65.5 Å². The SMILES string of the molecule is CC(c1cccc(F)c1)N1CCNCc2ccccc21. The number of rotatable bonds is 2. The molecule has 0 radical (unpaired) electrons. The fourth-order valence-electron chi connectivity index (χ4n) is 2.83. The molecule has 2 aromatic carbocycles. The lowest BCUT2D eigenvalue weighted by Crippen LogP contribution is -2.31. The molecule has 3 rings (SSSR count). The normalized spacial score (nSPS) is 16.4. The molecule has 1 unspecified atom stereocenters. The van der Waals surface area contributed by atoms with E-state index in [1.165, 1.54) is 17.3 Å². The van der Waals surface area contributed by atoms with Crippen LogP contribution in [0.5, 0.6) is 0 Å². The minimum Gasteiger partial charge on any atom is -0.363 e. The van der Waals surface area contributed by atoms with E-state index in [9.17, 15) is 4.39 Å². The van der Waals surface area contributed by atoms with E-state index >= 15 is 0 Å². The van der Waals surface area contributed by atoms with E-state index in [0.29, 0.717) is 0 Å². The van der Waals surface area contributed by atoms with Crippen LogP contribution in [0.15, 0.2) is 48.5 Å². The first kappa shape index (κ1) is 13.1. The molecule has 0 aromatic heterocycles. The van der Waals surface area contributed by atoms with Crippen LogP contribution in [0.2, 0.25) is 0 Å². The number of hydrogen-bond donors (Lipinski definition) is 1. The number of nitrogens with one attached hydrogen (secondary N) is 1. The lowest BCUT2D eigenvalue weighted by atomic mass is 10.0. The average Bonchev–Trinajstić information content (AvgIpc) is 2.69. The second-order valence-electron chi connectivity index (χ2n) is 5.23. The predicted octanol–water partition coefficient (Wildman–Crippen LogP) is 3.50. The van der Waals surface area contributed by atoms with Crippen LogP contribution in [-0.4, -0.2) is 13.1 Å². The number of para-hydroxylation sites is 1. The van der Waals surface area contributed by atoms with E-state index in [-0.39, 0.29) is 11.9 Å². The maximum Gasteiger partial charge on any atom is 0.123 e. The van der Waals surface area contributed by atoms with Crippen molar-refractivity contribution in [2.24, 2.45) is 0 Å². The van der Waals surface area contributed by atoms with E-state index in [4.69, 9.17) is 0 Å². The predicted molar refractivity (Wildman–Crippen MR) is 80.3 cm³/mol. The molecule has 20 heavy (non-hydrogen) atoms. The van der Waals surface area contributed by atoms with Gasteiger partial charge in [-0.25, -0.2) is 4.39 Å². The molecule has 0 amide bonds. The summed E-state index contributed by atoms with van der Waals surface area (Å²) in [7, 11) is 0. The Morgan fingerprint density at radius 3 is 2.85 bits per heavy atom. The number of nitrogens with zero attached hydrogens (tertiary/aromatic N) is 1. The van der Waals surface area contributed by atoms with Crippen LogP contribution in [0.4, 0.5) is 10.1 Å². The minimum atomic E-state index is -0.171. The van der Waals surface area contributed by atoms with Crippen LogP contribution < -0.4 is 10.2 Å². The quantitative estimate of drug-likeness (QED) is 0.898. The molecule has 0 saturated heterocycles. The largest absolute Gasteiger partial charge is 0.363 e. The Kier molecular flexibility index (Phi) is 3.70. The Balaban J connectivity index is 1.97. The third-order valence-corrected chi connectivity index (χ3v) is 3.94. The number of halogens is 1. The first-order chi connectivity index (χ1) is 9.75. The van der Waals surface area contributed by atoms with Crippen molar-refractivity contribution in [3.8, 4) is 0 Å². The van der Waals surface area contributed by atoms with Crippen molar-refractivity contribution in [1.29, 1.82) is 0 Å². The molecule has 0 bridgehead atoms. The fraction of sp³-hybridized carbons (Fsp3) is 0.294. The zero-order valence-electron chi connectivity index (χ0n) is 11.6. The maximum absolute atomic E-state index is 13.4. The first-order valence-electron chi connectivity index (χ1n) is 7.06. The van der Waals surface area contributed by atoms with E-state index in [1.807, 2.05) is 6.07 Å². The van der Waals surface area contributed by atoms with Crippen LogP contribution >= 0.6 is 0 Å². The van der Waals surface area contributed by atoms with E-state index in [1.54, 1.807) is 12.1 Å². The Hall–Kier alpha value is -1.87. The lowest BCUT2D eigenvalue weighted by Gasteiger charge is -2.31. The summed E-state index contributed by atoms with van der Waals surface area (Å²) in [4.78, 5) is 2.35. The second-order valence-corrected chi connectivity index (χ2v) is 5.23. The summed E-state index contributed by atoms with van der Waals surface area (Å²) in [5, 5.41) is 3.44. The molecule has 1 aliphatic rings. The fourth-order valence-corrected chi connectivity index (χ4v) is 2.83. The zero-order chi connectivity index (χ0) is 13.9. The number of benzene rings is 2. The van der Waals surface area contributed by atoms with E-state index in [2.05, 4.69) is 41.4 Å². The topological polar surface area (TPSA) is 15.3 Å². The Morgan fingerprint density at radius 1 is 1.15 bits per heavy atom. The molecule has 0 fully saturated rings. The molecule has 2 aromatic rings. The Bertz CT molecular complexity index is 597. The molecule has 104 valence electrons. The minimum absolute atomic E-state index is 0.159. The lowest BCUT2D eigenvalue weighted by molar-refractivity contribution is 0.610. The van der Waals surface area contributed by atoms with Gasteiger partial charge in [0.25, 0.3) is 0 Å². The van der Waals surface area contributed by atoms with Crippen LogP contribution in [0.3, 0.4) is 0 Å². The average molecular weight is 270 g/mol. The van der Waals surface area contributed by atoms with Gasteiger partial charge < -0.3 is 10.2 Å². The molecule has 0 saturated carbocycles. The highest BCUT2D eigenvalue weighted by atomic mass is 19.1. The standard InChI is InChI=1S/C17H19FN2/c1-13(14-6-4-7-16(18)11-14)20-10-9-19-12-15-5-2-3-8-17(15)20/h2-8,11,13,19H,9-10,12H2,1H3. The van der Waals surface area contributed by atoms with Gasteiger partial charge in [0.05, 0.1) is 6.04 Å². The van der Waals surface area contributed by atoms with Crippen molar-refractivity contribution < 1.29 is 4.39 Å². The van der Waals surface area contributed by atoms with Crippen molar-refractivity contribution >= 4 is 5.69 Å². The summed E-state index contributed by atoms with van der Waals surface area (Å²) >= 11 is 0. The molecule has 1 N–H and O–H groups in total. The van der Waals surface area contributed by atoms with Gasteiger partial charge in [-0.15, -0.1) is 0 Å². The van der Waals surface area contributed by atoms with Gasteiger partial charge in [0, 0.05) is 25.3 Å². The summed E-state index contributed by atoms with van der Waals surface area (Å²) in [6.45, 7) is 4.89. The van der Waals surface area contributed by atoms with Crippen LogP contribution in [0.1, 0.15) is 24.1 Å². The van der Waals surface area contributed by atoms with Gasteiger partial charge in [0.1, 0.15) is 5.82 Å². The van der Waals surface area contributed by atoms with Gasteiger partial charge in [-0.2, -0.15) is 0 Å². The van der Waals surface area contributed by atoms with E-state index < -0.39 is 0 Å². The highest BCUT2D eigenvalue weighted by Crippen LogP contribution is 2.30. The zero-order valence-corrected chi connectivity index (χ0v) is 11.6. The maximum atomic E-state index is 13.4. The van der Waals surface area contributed by atoms with Crippen molar-refractivity contribution in [3.63, 3.8) is 0 Å². The van der Waals surface area contributed by atoms with Crippen LogP contribution in [-0.2, 0) is 6.54 Å². The number of anilines is 1. The molecule has 1 atom stereocenters. The molecule has 2 nitrogen and oxygen atoms in total. The number of fused-ring (bicyclic) bond motifs is 1. The van der Waals surface area contributed by atoms with Crippen molar-refractivity contribution in [2.75, 3.05) is 18.0 Å². The third kappa shape index (κ3) is 2.54. The summed E-state index contributed by atoms with van der Waals surface area (Å²) < 4.78 is 13.4. The summed E-state index contributed by atoms with van der Waals surface area (Å²) in [6, 6.07) is 15.5. The summed E-state index contributed by atoms with van der Waals surface area (Å²) in [5.74, 6) is -0.171. The molecule has 1 aliphatic heterocycles. The van der Waals surface area contributed by atoms with Crippen molar-refractivity contribution in [2.45, 2.75) is 19.5 Å². The van der Waals surface area contributed by atoms with Gasteiger partial charge in [-0.3, -0.25) is 0 Å². The molecule has 0 aliphatic carbocycles. The monoisotopic (exact) mass is 270 g/mol. The third-order valence-electron chi connectivity index (χ3n) is 3.94. The second kappa shape index (κ2) is 5.63. The first-order valence-corrected chi connectivity index (χ1v) is 7.06. The molecular formula is C17H19FN2. The highest BCUT2D eigenvalue weighted by Gasteiger charge is 2.20. The molecule has 0 spiro atoms. The van der Waals surface area contributed by atoms with Crippen molar-refractivity contribution in [1.82, 2.24) is 5.32 Å². The highest BCUT2D eigenvalue weighted by molar-refractivity contribution is 5.56. The van der Waals surface area contributed by atoms with Gasteiger partial charge in [-0.05, 0) is 36.2 Å². The van der Waals surface area contributed by atoms with Crippen LogP contribution in [0, 0.1) is 5.82 Å². The van der Waals surface area contributed by atoms with Gasteiger partial charge >= 0.3 is 0 Å². The van der Waals surface area contributed by atoms with Gasteiger partial charge in [0.15, 0.2) is 0 Å². The smallest absolute Gasteiger partial charge is 0.123 e. The van der Waals surface area contributed by atoms with Gasteiger partial charge in [0.2, 0.25) is 0 Å². The summed E-state index contributed by atoms with van der Waals surface area (Å²) in [5.41, 5.74) is 3.56. The number of hydrogen-bond acceptors (Lipinski definition) is 2. The Morgan fingerprint density at radius 2 is 2.00 bits per heavy atom. The van der Waals surface area contributed by atoms with Gasteiger partial charge in [-0.1, -0.05) is 30.3 Å². The van der Waals surface area contributed by atoms with Crippen LogP contribution in [0.25, 0.3) is 0 Å². The Labute approximate surface area is 119 Å². The molecule has 1 heterocycles. The summed E-state index contributed by atoms with van der Waals surface area (Å²) in [6.07, 6.45) is 0. The molecule has 3 heteroatoms. The van der Waals surface area contributed by atoms with E-state index in [0.717, 1.165) is 25.2 Å².